The molecule has 34 heavy (non-hydrogen) atoms. The zero-order chi connectivity index (χ0) is 24.1. The second kappa shape index (κ2) is 10.3. The first-order chi connectivity index (χ1) is 16.4. The molecule has 1 aliphatic heterocycles. The molecule has 176 valence electrons. The number of morpholine rings is 1. The second-order valence-electron chi connectivity index (χ2n) is 8.06. The summed E-state index contributed by atoms with van der Waals surface area (Å²) in [6, 6.07) is 9.27. The number of hydrogen-bond acceptors (Lipinski definition) is 7. The molecule has 2 heterocycles. The van der Waals surface area contributed by atoms with Gasteiger partial charge < -0.3 is 14.2 Å². The van der Waals surface area contributed by atoms with Crippen LogP contribution in [0.25, 0.3) is 6.08 Å². The number of ether oxygens (including phenoxy) is 1. The zero-order valence-electron chi connectivity index (χ0n) is 18.8. The van der Waals surface area contributed by atoms with Gasteiger partial charge in [-0.2, -0.15) is 5.10 Å². The van der Waals surface area contributed by atoms with Gasteiger partial charge in [-0.25, -0.2) is 5.43 Å². The molecule has 1 saturated heterocycles. The van der Waals surface area contributed by atoms with Gasteiger partial charge in [-0.3, -0.25) is 19.7 Å². The van der Waals surface area contributed by atoms with Crippen molar-refractivity contribution in [2.45, 2.75) is 12.8 Å². The molecular weight excluding hydrogens is 438 g/mol. The number of pyridine rings is 1. The van der Waals surface area contributed by atoms with Crippen LogP contribution in [-0.2, 0) is 11.8 Å². The van der Waals surface area contributed by atoms with Crippen molar-refractivity contribution < 1.29 is 14.5 Å². The first-order valence-electron chi connectivity index (χ1n) is 10.9. The lowest BCUT2D eigenvalue weighted by Crippen LogP contribution is -2.36. The van der Waals surface area contributed by atoms with Gasteiger partial charge in [0, 0.05) is 50.2 Å². The SMILES string of the molecule is Cn1cc(C(=O)N/N=C\C2=C(N3CCOCC3)C(=C/c3ccc([N+](=O)[O-])cc3)/CC2)ccc1=O. The molecule has 0 radical (unpaired) electrons. The van der Waals surface area contributed by atoms with Crippen molar-refractivity contribution in [1.82, 2.24) is 14.9 Å². The van der Waals surface area contributed by atoms with Crippen LogP contribution in [0.2, 0.25) is 0 Å². The van der Waals surface area contributed by atoms with Gasteiger partial charge in [0.15, 0.2) is 0 Å². The van der Waals surface area contributed by atoms with Crippen molar-refractivity contribution in [1.29, 1.82) is 0 Å². The molecule has 0 saturated carbocycles. The van der Waals surface area contributed by atoms with Gasteiger partial charge in [0.05, 0.1) is 29.9 Å². The Labute approximate surface area is 196 Å². The maximum Gasteiger partial charge on any atom is 0.272 e. The van der Waals surface area contributed by atoms with Crippen molar-refractivity contribution in [2.75, 3.05) is 26.3 Å². The maximum absolute atomic E-state index is 12.4. The van der Waals surface area contributed by atoms with Crippen molar-refractivity contribution in [3.63, 3.8) is 0 Å². The van der Waals surface area contributed by atoms with E-state index in [0.717, 1.165) is 48.3 Å². The first kappa shape index (κ1) is 23.1. The van der Waals surface area contributed by atoms with Crippen molar-refractivity contribution >= 4 is 23.9 Å². The molecule has 10 nitrogen and oxygen atoms in total. The van der Waals surface area contributed by atoms with E-state index in [1.165, 1.54) is 35.0 Å². The number of benzene rings is 1. The summed E-state index contributed by atoms with van der Waals surface area (Å²) in [6.07, 6.45) is 6.72. The van der Waals surface area contributed by atoms with Crippen LogP contribution in [0, 0.1) is 10.1 Å². The molecule has 1 aliphatic carbocycles. The maximum atomic E-state index is 12.4. The Balaban J connectivity index is 1.57. The van der Waals surface area contributed by atoms with Crippen LogP contribution >= 0.6 is 0 Å². The van der Waals surface area contributed by atoms with E-state index in [1.54, 1.807) is 25.4 Å². The molecule has 2 aliphatic rings. The summed E-state index contributed by atoms with van der Waals surface area (Å²) in [5, 5.41) is 15.1. The molecule has 1 aromatic carbocycles. The van der Waals surface area contributed by atoms with E-state index in [9.17, 15) is 19.7 Å². The van der Waals surface area contributed by atoms with Gasteiger partial charge in [0.2, 0.25) is 5.56 Å². The van der Waals surface area contributed by atoms with Gasteiger partial charge in [0.1, 0.15) is 0 Å². The third kappa shape index (κ3) is 5.29. The largest absolute Gasteiger partial charge is 0.378 e. The monoisotopic (exact) mass is 463 g/mol. The van der Waals surface area contributed by atoms with Crippen molar-refractivity contribution in [3.8, 4) is 0 Å². The van der Waals surface area contributed by atoms with Gasteiger partial charge in [0.25, 0.3) is 11.6 Å². The number of hydrogen-bond donors (Lipinski definition) is 1. The number of aryl methyl sites for hydroxylation is 1. The van der Waals surface area contributed by atoms with E-state index in [-0.39, 0.29) is 11.2 Å². The normalized spacial score (nSPS) is 17.6. The van der Waals surface area contributed by atoms with Crippen LogP contribution < -0.4 is 11.0 Å². The Morgan fingerprint density at radius 3 is 2.56 bits per heavy atom. The molecule has 1 aromatic heterocycles. The molecule has 1 fully saturated rings. The number of nitrogens with one attached hydrogen (secondary N) is 1. The van der Waals surface area contributed by atoms with E-state index in [4.69, 9.17) is 4.74 Å². The highest BCUT2D eigenvalue weighted by atomic mass is 16.6. The van der Waals surface area contributed by atoms with Crippen LogP contribution in [0.3, 0.4) is 0 Å². The number of amides is 1. The van der Waals surface area contributed by atoms with E-state index in [1.807, 2.05) is 6.08 Å². The highest BCUT2D eigenvalue weighted by Gasteiger charge is 2.25. The minimum atomic E-state index is -0.413. The number of carbonyl (C=O) groups is 1. The fourth-order valence-corrected chi connectivity index (χ4v) is 4.03. The molecule has 0 bridgehead atoms. The molecule has 0 unspecified atom stereocenters. The van der Waals surface area contributed by atoms with Crippen molar-refractivity contribution in [2.24, 2.45) is 12.1 Å². The van der Waals surface area contributed by atoms with E-state index in [0.29, 0.717) is 18.8 Å². The smallest absolute Gasteiger partial charge is 0.272 e. The average molecular weight is 463 g/mol. The third-order valence-electron chi connectivity index (χ3n) is 5.78. The van der Waals surface area contributed by atoms with E-state index >= 15 is 0 Å². The Hall–Kier alpha value is -4.05. The van der Waals surface area contributed by atoms with E-state index in [2.05, 4.69) is 15.4 Å². The molecule has 4 rings (SSSR count). The summed E-state index contributed by atoms with van der Waals surface area (Å²) in [6.45, 7) is 2.74. The Kier molecular flexibility index (Phi) is 6.98. The fraction of sp³-hybridized carbons (Fsp3) is 0.292. The minimum Gasteiger partial charge on any atom is -0.378 e. The van der Waals surface area contributed by atoms with Gasteiger partial charge in [-0.05, 0) is 53.8 Å². The van der Waals surface area contributed by atoms with Crippen LogP contribution in [0.5, 0.6) is 0 Å². The number of rotatable bonds is 6. The standard InChI is InChI=1S/C24H25N5O5/c1-27-16-20(6-9-22(27)30)24(31)26-25-15-19-5-4-18(23(19)28-10-12-34-13-11-28)14-17-2-7-21(8-3-17)29(32)33/h2-3,6-9,14-16H,4-5,10-13H2,1H3,(H,26,31)/b18-14+,25-15-. The molecule has 2 aromatic rings. The number of allylic oxidation sites excluding steroid dienone is 2. The second-order valence-corrected chi connectivity index (χ2v) is 8.06. The number of nitrogens with zero attached hydrogens (tertiary/aromatic N) is 4. The zero-order valence-corrected chi connectivity index (χ0v) is 18.8. The third-order valence-corrected chi connectivity index (χ3v) is 5.78. The molecular formula is C24H25N5O5. The lowest BCUT2D eigenvalue weighted by molar-refractivity contribution is -0.384. The predicted octanol–water partition coefficient (Wildman–Crippen LogP) is 2.47. The number of non-ortho nitro benzene ring substituents is 1. The summed E-state index contributed by atoms with van der Waals surface area (Å²) in [4.78, 5) is 36.7. The molecule has 1 N–H and O–H groups in total. The van der Waals surface area contributed by atoms with Gasteiger partial charge >= 0.3 is 0 Å². The average Bonchev–Trinajstić information content (AvgIpc) is 3.23. The topological polar surface area (TPSA) is 119 Å². The van der Waals surface area contributed by atoms with Crippen LogP contribution in [-0.4, -0.2) is 52.8 Å². The van der Waals surface area contributed by atoms with Crippen molar-refractivity contribution in [3.05, 3.63) is 91.0 Å². The number of nitro groups is 1. The minimum absolute atomic E-state index is 0.0552. The van der Waals surface area contributed by atoms with E-state index < -0.39 is 10.8 Å². The van der Waals surface area contributed by atoms with Gasteiger partial charge in [-0.15, -0.1) is 0 Å². The highest BCUT2D eigenvalue weighted by Crippen LogP contribution is 2.35. The van der Waals surface area contributed by atoms with Crippen LogP contribution in [0.4, 0.5) is 5.69 Å². The number of carbonyl (C=O) groups excluding carboxylic acids is 1. The molecule has 10 heteroatoms. The molecule has 1 amide bonds. The van der Waals surface area contributed by atoms with Crippen LogP contribution in [0.15, 0.2) is 69.3 Å². The lowest BCUT2D eigenvalue weighted by atomic mass is 10.1. The number of nitro benzene ring substituents is 1. The van der Waals surface area contributed by atoms with Crippen LogP contribution in [0.1, 0.15) is 28.8 Å². The summed E-state index contributed by atoms with van der Waals surface area (Å²) >= 11 is 0. The first-order valence-corrected chi connectivity index (χ1v) is 10.9. The molecule has 0 spiro atoms. The summed E-state index contributed by atoms with van der Waals surface area (Å²) in [7, 11) is 1.58. The Morgan fingerprint density at radius 1 is 1.15 bits per heavy atom. The van der Waals surface area contributed by atoms with Gasteiger partial charge in [-0.1, -0.05) is 0 Å². The predicted molar refractivity (Wildman–Crippen MR) is 127 cm³/mol. The highest BCUT2D eigenvalue weighted by molar-refractivity contribution is 5.94. The molecule has 0 atom stereocenters. The lowest BCUT2D eigenvalue weighted by Gasteiger charge is -2.31. The number of hydrazone groups is 1. The number of aromatic nitrogens is 1. The fourth-order valence-electron chi connectivity index (χ4n) is 4.03. The summed E-state index contributed by atoms with van der Waals surface area (Å²) in [5.74, 6) is -0.403. The summed E-state index contributed by atoms with van der Waals surface area (Å²) < 4.78 is 6.84. The Morgan fingerprint density at radius 2 is 1.88 bits per heavy atom. The summed E-state index contributed by atoms with van der Waals surface area (Å²) in [5.41, 5.74) is 6.78. The quantitative estimate of drug-likeness (QED) is 0.399. The Bertz CT molecular complexity index is 1240.